The number of carbonyl (C=O) groups is 2. The Labute approximate surface area is 272 Å². The zero-order chi connectivity index (χ0) is 33.0. The van der Waals surface area contributed by atoms with Crippen molar-refractivity contribution in [1.29, 1.82) is 0 Å². The van der Waals surface area contributed by atoms with E-state index in [0.29, 0.717) is 30.5 Å². The van der Waals surface area contributed by atoms with Crippen molar-refractivity contribution in [2.45, 2.75) is 113 Å². The lowest BCUT2D eigenvalue weighted by atomic mass is 9.72. The number of nitrogens with one attached hydrogen (secondary N) is 1. The molecule has 2 saturated heterocycles. The van der Waals surface area contributed by atoms with E-state index in [4.69, 9.17) is 23.4 Å². The minimum absolute atomic E-state index is 0.0422. The van der Waals surface area contributed by atoms with Gasteiger partial charge in [0.05, 0.1) is 31.5 Å². The summed E-state index contributed by atoms with van der Waals surface area (Å²) in [4.78, 5) is 26.5. The molecule has 1 aromatic carbocycles. The highest BCUT2D eigenvalue weighted by Crippen LogP contribution is 2.57. The fourth-order valence-electron chi connectivity index (χ4n) is 8.68. The lowest BCUT2D eigenvalue weighted by Crippen LogP contribution is -2.68. The van der Waals surface area contributed by atoms with Crippen LogP contribution in [0.25, 0.3) is 11.0 Å². The van der Waals surface area contributed by atoms with E-state index in [9.17, 15) is 35.1 Å². The molecular weight excluding hydrogens is 614 g/mol. The number of fused-ring (bicyclic) bond motifs is 2. The van der Waals surface area contributed by atoms with Crippen molar-refractivity contribution in [3.8, 4) is 11.5 Å². The number of hydrogen-bond acceptors (Lipinski definition) is 12. The lowest BCUT2D eigenvalue weighted by Gasteiger charge is -2.47. The van der Waals surface area contributed by atoms with Gasteiger partial charge in [0, 0.05) is 47.9 Å². The maximum atomic E-state index is 13.4. The van der Waals surface area contributed by atoms with Crippen molar-refractivity contribution in [1.82, 2.24) is 5.32 Å². The molecule has 7 rings (SSSR count). The fraction of sp³-hybridized carbons (Fsp3) is 0.706. The van der Waals surface area contributed by atoms with Gasteiger partial charge in [-0.3, -0.25) is 9.59 Å². The summed E-state index contributed by atoms with van der Waals surface area (Å²) in [5, 5.41) is 57.2. The van der Waals surface area contributed by atoms with Crippen molar-refractivity contribution >= 4 is 22.8 Å². The second kappa shape index (κ2) is 12.8. The first-order valence-corrected chi connectivity index (χ1v) is 17.0. The number of hydrogen-bond donors (Lipinski definition) is 6. The van der Waals surface area contributed by atoms with Crippen molar-refractivity contribution in [2.75, 3.05) is 26.4 Å². The summed E-state index contributed by atoms with van der Waals surface area (Å²) in [7, 11) is 0. The molecule has 258 valence electrons. The molecule has 3 fully saturated rings. The maximum absolute atomic E-state index is 13.4. The number of benzene rings is 1. The van der Waals surface area contributed by atoms with Crippen molar-refractivity contribution < 1.29 is 58.5 Å². The molecular formula is C34H45NO12. The van der Waals surface area contributed by atoms with E-state index in [0.717, 1.165) is 48.6 Å². The first kappa shape index (κ1) is 32.6. The van der Waals surface area contributed by atoms with Crippen LogP contribution in [0.4, 0.5) is 0 Å². The third-order valence-electron chi connectivity index (χ3n) is 11.1. The molecule has 0 spiro atoms. The van der Waals surface area contributed by atoms with Gasteiger partial charge >= 0.3 is 5.97 Å². The van der Waals surface area contributed by atoms with E-state index in [-0.39, 0.29) is 60.3 Å². The van der Waals surface area contributed by atoms with Crippen LogP contribution in [0.2, 0.25) is 0 Å². The largest absolute Gasteiger partial charge is 0.483 e. The van der Waals surface area contributed by atoms with Crippen LogP contribution < -0.4 is 14.8 Å². The normalized spacial score (nSPS) is 35.2. The predicted octanol–water partition coefficient (Wildman–Crippen LogP) is 1.52. The number of rotatable bonds is 9. The van der Waals surface area contributed by atoms with Gasteiger partial charge in [-0.05, 0) is 63.4 Å². The highest BCUT2D eigenvalue weighted by atomic mass is 16.7. The molecule has 3 aliphatic carbocycles. The molecule has 6 N–H and O–H groups in total. The van der Waals surface area contributed by atoms with Crippen LogP contribution in [0.5, 0.6) is 11.5 Å². The van der Waals surface area contributed by atoms with Crippen LogP contribution in [0, 0.1) is 11.8 Å². The van der Waals surface area contributed by atoms with Gasteiger partial charge in [-0.1, -0.05) is 6.42 Å². The minimum atomic E-state index is -2.28. The Morgan fingerprint density at radius 3 is 2.60 bits per heavy atom. The topological polar surface area (TPSA) is 197 Å². The lowest BCUT2D eigenvalue weighted by molar-refractivity contribution is -0.323. The average Bonchev–Trinajstić information content (AvgIpc) is 3.62. The predicted molar refractivity (Wildman–Crippen MR) is 164 cm³/mol. The summed E-state index contributed by atoms with van der Waals surface area (Å²) in [5.41, 5.74) is 0.562. The molecule has 2 aromatic rings. The zero-order valence-corrected chi connectivity index (χ0v) is 26.6. The summed E-state index contributed by atoms with van der Waals surface area (Å²) < 4.78 is 31.1. The van der Waals surface area contributed by atoms with Crippen LogP contribution in [-0.2, 0) is 25.5 Å². The first-order chi connectivity index (χ1) is 22.7. The van der Waals surface area contributed by atoms with E-state index in [1.165, 1.54) is 0 Å². The molecule has 5 aliphatic rings. The summed E-state index contributed by atoms with van der Waals surface area (Å²) in [6, 6.07) is 0. The summed E-state index contributed by atoms with van der Waals surface area (Å²) >= 11 is 0. The van der Waals surface area contributed by atoms with Gasteiger partial charge < -0.3 is 54.2 Å². The fourth-order valence-corrected chi connectivity index (χ4v) is 8.68. The van der Waals surface area contributed by atoms with E-state index < -0.39 is 55.8 Å². The minimum Gasteiger partial charge on any atom is -0.483 e. The molecule has 13 heteroatoms. The second-order valence-corrected chi connectivity index (χ2v) is 13.8. The molecule has 0 radical (unpaired) electrons. The van der Waals surface area contributed by atoms with Gasteiger partial charge in [-0.15, -0.1) is 0 Å². The maximum Gasteiger partial charge on any atom is 0.309 e. The van der Waals surface area contributed by atoms with E-state index in [1.807, 2.05) is 0 Å². The van der Waals surface area contributed by atoms with Crippen molar-refractivity contribution in [3.05, 3.63) is 23.0 Å². The number of carbonyl (C=O) groups excluding carboxylic acids is 2. The molecule has 1 aromatic heterocycles. The van der Waals surface area contributed by atoms with Crippen LogP contribution in [0.15, 0.2) is 10.7 Å². The molecule has 13 nitrogen and oxygen atoms in total. The molecule has 0 bridgehead atoms. The molecule has 9 atom stereocenters. The van der Waals surface area contributed by atoms with Crippen LogP contribution in [0.1, 0.15) is 86.8 Å². The Morgan fingerprint density at radius 2 is 1.87 bits per heavy atom. The molecule has 3 heterocycles. The Bertz CT molecular complexity index is 1500. The Morgan fingerprint density at radius 1 is 1.09 bits per heavy atom. The van der Waals surface area contributed by atoms with E-state index in [1.54, 1.807) is 13.2 Å². The van der Waals surface area contributed by atoms with Crippen LogP contribution >= 0.6 is 0 Å². The van der Waals surface area contributed by atoms with Gasteiger partial charge in [0.2, 0.25) is 17.9 Å². The molecule has 2 aliphatic heterocycles. The number of furan rings is 1. The third kappa shape index (κ3) is 5.39. The molecule has 1 saturated carbocycles. The van der Waals surface area contributed by atoms with Gasteiger partial charge in [0.25, 0.3) is 0 Å². The Hall–Kier alpha value is -2.94. The van der Waals surface area contributed by atoms with Crippen molar-refractivity contribution in [3.63, 3.8) is 0 Å². The summed E-state index contributed by atoms with van der Waals surface area (Å²) in [6.07, 6.45) is 0.468. The SMILES string of the molecule is CCOC(=O)[C@@H]1Cc2c(O[C@H]3O[C@H](CO)[C@@H](O)[C@H](O)[C@]3(O)CCO)c(OC3CCCCC3)c3occ4c3c2[C@@H](C1)C[C@H]1C(=O)NC[C@@H]41. The third-order valence-corrected chi connectivity index (χ3v) is 11.1. The molecule has 1 amide bonds. The van der Waals surface area contributed by atoms with Gasteiger partial charge in [-0.25, -0.2) is 0 Å². The Kier molecular flexibility index (Phi) is 8.90. The van der Waals surface area contributed by atoms with Gasteiger partial charge in [-0.2, -0.15) is 0 Å². The van der Waals surface area contributed by atoms with Crippen LogP contribution in [-0.4, -0.2) is 100 Å². The number of amides is 1. The number of aliphatic hydroxyl groups is 5. The second-order valence-electron chi connectivity index (χ2n) is 13.8. The quantitative estimate of drug-likeness (QED) is 0.213. The van der Waals surface area contributed by atoms with Crippen LogP contribution in [0.3, 0.4) is 0 Å². The van der Waals surface area contributed by atoms with Gasteiger partial charge in [0.1, 0.15) is 18.3 Å². The molecule has 0 unspecified atom stereocenters. The van der Waals surface area contributed by atoms with Crippen molar-refractivity contribution in [2.24, 2.45) is 11.8 Å². The standard InChI is InChI=1S/C34H45NO12/c1-2-43-32(41)17-10-16-11-19-21(13-35-31(19)40)22-15-44-28-25(22)24(16)20(12-17)27(29(28)45-18-6-4-3-5-7-18)47-33-34(42,8-9-36)30(39)26(38)23(14-37)46-33/h15-19,21,23,26,30,33,36-39,42H,2-14H2,1H3,(H,35,40)/t16-,17-,19+,21+,23+,26+,30-,33+,34+/m0/s1. The summed E-state index contributed by atoms with van der Waals surface area (Å²) in [5.74, 6) is -1.24. The van der Waals surface area contributed by atoms with E-state index >= 15 is 0 Å². The number of ether oxygens (including phenoxy) is 4. The molecule has 47 heavy (non-hydrogen) atoms. The monoisotopic (exact) mass is 659 g/mol. The smallest absolute Gasteiger partial charge is 0.309 e. The summed E-state index contributed by atoms with van der Waals surface area (Å²) in [6.45, 7) is 1.19. The van der Waals surface area contributed by atoms with E-state index in [2.05, 4.69) is 5.32 Å². The average molecular weight is 660 g/mol. The highest BCUT2D eigenvalue weighted by Gasteiger charge is 2.57. The Balaban J connectivity index is 1.44. The van der Waals surface area contributed by atoms with Gasteiger partial charge in [0.15, 0.2) is 16.9 Å². The number of esters is 1. The number of aliphatic hydroxyl groups excluding tert-OH is 4. The highest BCUT2D eigenvalue weighted by molar-refractivity contribution is 5.97. The first-order valence-electron chi connectivity index (χ1n) is 17.0. The zero-order valence-electron chi connectivity index (χ0n) is 26.6.